The van der Waals surface area contributed by atoms with Crippen LogP contribution in [0.15, 0.2) is 42.2 Å². The van der Waals surface area contributed by atoms with Crippen molar-refractivity contribution in [1.29, 1.82) is 0 Å². The summed E-state index contributed by atoms with van der Waals surface area (Å²) >= 11 is 0. The summed E-state index contributed by atoms with van der Waals surface area (Å²) in [5.74, 6) is 0.302. The molecule has 2 nitrogen and oxygen atoms in total. The molecule has 1 N–H and O–H groups in total. The second kappa shape index (κ2) is 6.58. The number of hydrogen-bond acceptors (Lipinski definition) is 2. The number of carbonyl (C=O) groups is 1. The summed E-state index contributed by atoms with van der Waals surface area (Å²) in [4.78, 5) is 12.2. The van der Waals surface area contributed by atoms with Crippen molar-refractivity contribution in [3.63, 3.8) is 0 Å². The van der Waals surface area contributed by atoms with Gasteiger partial charge in [0.1, 0.15) is 5.76 Å². The molecule has 0 aliphatic heterocycles. The van der Waals surface area contributed by atoms with Crippen LogP contribution >= 0.6 is 0 Å². The lowest BCUT2D eigenvalue weighted by Gasteiger charge is -2.43. The Morgan fingerprint density at radius 1 is 0.774 bits per heavy atom. The zero-order valence-electron chi connectivity index (χ0n) is 19.6. The number of Topliss-reactive ketones (excluding diaryl/α,β-unsaturated/α-hetero) is 1. The molecular weight excluding hydrogens is 380 g/mol. The number of carbonyl (C=O) groups excluding carboxylic acids is 1. The maximum absolute atomic E-state index is 12.2. The van der Waals surface area contributed by atoms with E-state index in [1.165, 1.54) is 53.5 Å². The van der Waals surface area contributed by atoms with Gasteiger partial charge in [-0.3, -0.25) is 4.79 Å². The lowest BCUT2D eigenvalue weighted by molar-refractivity contribution is -0.113. The van der Waals surface area contributed by atoms with Gasteiger partial charge in [0, 0.05) is 18.3 Å². The van der Waals surface area contributed by atoms with Crippen molar-refractivity contribution in [3.05, 3.63) is 75.5 Å². The van der Waals surface area contributed by atoms with Crippen LogP contribution in [0.3, 0.4) is 0 Å². The third-order valence-corrected chi connectivity index (χ3v) is 8.35. The van der Waals surface area contributed by atoms with Gasteiger partial charge in [0.25, 0.3) is 0 Å². The van der Waals surface area contributed by atoms with Gasteiger partial charge in [-0.1, -0.05) is 64.1 Å². The number of rotatable bonds is 3. The minimum atomic E-state index is 0.0572. The molecule has 3 aliphatic carbocycles. The average Bonchev–Trinajstić information content (AvgIpc) is 3.45. The fraction of sp³-hybridized carbons (Fsp3) is 0.483. The Hall–Kier alpha value is -2.35. The first-order valence-corrected chi connectivity index (χ1v) is 11.8. The van der Waals surface area contributed by atoms with Crippen LogP contribution in [0.1, 0.15) is 99.6 Å². The molecule has 0 amide bonds. The van der Waals surface area contributed by atoms with Crippen molar-refractivity contribution < 1.29 is 9.90 Å². The fourth-order valence-corrected chi connectivity index (χ4v) is 6.00. The number of aliphatic hydroxyl groups excluding tert-OH is 1. The van der Waals surface area contributed by atoms with Crippen molar-refractivity contribution >= 4 is 11.4 Å². The number of ketones is 1. The number of hydrogen-bond donors (Lipinski definition) is 1. The zero-order valence-corrected chi connectivity index (χ0v) is 19.6. The molecule has 0 aromatic heterocycles. The summed E-state index contributed by atoms with van der Waals surface area (Å²) in [5.41, 5.74) is 9.16. The maximum atomic E-state index is 12.2. The van der Waals surface area contributed by atoms with Crippen molar-refractivity contribution in [2.24, 2.45) is 0 Å². The van der Waals surface area contributed by atoms with E-state index in [1.54, 1.807) is 0 Å². The van der Waals surface area contributed by atoms with Gasteiger partial charge in [-0.2, -0.15) is 0 Å². The van der Waals surface area contributed by atoms with Crippen LogP contribution in [0.2, 0.25) is 0 Å². The molecule has 2 heteroatoms. The molecule has 31 heavy (non-hydrogen) atoms. The molecule has 0 radical (unpaired) electrons. The van der Waals surface area contributed by atoms with Crippen LogP contribution < -0.4 is 0 Å². The van der Waals surface area contributed by atoms with E-state index >= 15 is 0 Å². The molecule has 0 heterocycles. The normalized spacial score (nSPS) is 23.1. The van der Waals surface area contributed by atoms with Gasteiger partial charge in [0.2, 0.25) is 0 Å². The van der Waals surface area contributed by atoms with E-state index in [0.29, 0.717) is 18.4 Å². The minimum Gasteiger partial charge on any atom is -0.512 e. The molecule has 2 aromatic carbocycles. The SMILES string of the molecule is Cc1cc2c(cc1C1(c3ccc(C4=C(O)CCC4=O)cc3)CC1)C(C)(C)CCC2(C)C. The first-order valence-electron chi connectivity index (χ1n) is 11.8. The van der Waals surface area contributed by atoms with Gasteiger partial charge in [-0.25, -0.2) is 0 Å². The monoisotopic (exact) mass is 414 g/mol. The molecular formula is C29H34O2. The largest absolute Gasteiger partial charge is 0.512 e. The first kappa shape index (κ1) is 20.5. The van der Waals surface area contributed by atoms with Gasteiger partial charge < -0.3 is 5.11 Å². The van der Waals surface area contributed by atoms with E-state index < -0.39 is 0 Å². The third kappa shape index (κ3) is 3.10. The molecule has 2 aromatic rings. The number of allylic oxidation sites excluding steroid dienone is 2. The summed E-state index contributed by atoms with van der Waals surface area (Å²) in [5, 5.41) is 10.1. The highest BCUT2D eigenvalue weighted by Gasteiger charge is 2.48. The quantitative estimate of drug-likeness (QED) is 0.584. The van der Waals surface area contributed by atoms with E-state index in [2.05, 4.69) is 58.9 Å². The maximum Gasteiger partial charge on any atom is 0.167 e. The van der Waals surface area contributed by atoms with E-state index in [4.69, 9.17) is 0 Å². The predicted octanol–water partition coefficient (Wildman–Crippen LogP) is 7.06. The summed E-state index contributed by atoms with van der Waals surface area (Å²) in [7, 11) is 0. The van der Waals surface area contributed by atoms with E-state index in [0.717, 1.165) is 5.56 Å². The number of benzene rings is 2. The van der Waals surface area contributed by atoms with Gasteiger partial charge in [-0.05, 0) is 76.8 Å². The molecule has 0 atom stereocenters. The average molecular weight is 415 g/mol. The smallest absolute Gasteiger partial charge is 0.167 e. The van der Waals surface area contributed by atoms with Crippen LogP contribution in [0.25, 0.3) is 5.57 Å². The Balaban J connectivity index is 1.57. The van der Waals surface area contributed by atoms with Crippen molar-refractivity contribution in [1.82, 2.24) is 0 Å². The standard InChI is InChI=1S/C29H34O2/c1-18-16-22-23(28(4,5)13-12-27(22,2)3)17-21(18)29(14-15-29)20-8-6-19(7-9-20)26-24(30)10-11-25(26)31/h6-9,16-17,30H,10-15H2,1-5H3. The Labute approximate surface area is 186 Å². The summed E-state index contributed by atoms with van der Waals surface area (Å²) in [6.45, 7) is 11.9. The van der Waals surface area contributed by atoms with Gasteiger partial charge >= 0.3 is 0 Å². The molecule has 162 valence electrons. The molecule has 5 rings (SSSR count). The van der Waals surface area contributed by atoms with Gasteiger partial charge in [-0.15, -0.1) is 0 Å². The molecule has 0 unspecified atom stereocenters. The zero-order chi connectivity index (χ0) is 22.2. The third-order valence-electron chi connectivity index (χ3n) is 8.35. The Bertz CT molecular complexity index is 1110. The van der Waals surface area contributed by atoms with Crippen LogP contribution in [0.5, 0.6) is 0 Å². The molecule has 1 saturated carbocycles. The minimum absolute atomic E-state index is 0.0572. The van der Waals surface area contributed by atoms with E-state index in [-0.39, 0.29) is 27.8 Å². The second-order valence-electron chi connectivity index (χ2n) is 11.4. The number of fused-ring (bicyclic) bond motifs is 1. The van der Waals surface area contributed by atoms with Crippen LogP contribution in [-0.4, -0.2) is 10.9 Å². The van der Waals surface area contributed by atoms with E-state index in [9.17, 15) is 9.90 Å². The highest BCUT2D eigenvalue weighted by atomic mass is 16.3. The first-order chi connectivity index (χ1) is 14.6. The number of aryl methyl sites for hydroxylation is 1. The molecule has 0 bridgehead atoms. The van der Waals surface area contributed by atoms with Crippen LogP contribution in [0.4, 0.5) is 0 Å². The highest BCUT2D eigenvalue weighted by Crippen LogP contribution is 2.57. The molecule has 1 fully saturated rings. The second-order valence-corrected chi connectivity index (χ2v) is 11.4. The summed E-state index contributed by atoms with van der Waals surface area (Å²) in [6, 6.07) is 13.4. The topological polar surface area (TPSA) is 37.3 Å². The summed E-state index contributed by atoms with van der Waals surface area (Å²) in [6.07, 6.45) is 5.70. The van der Waals surface area contributed by atoms with Crippen LogP contribution in [0, 0.1) is 6.92 Å². The summed E-state index contributed by atoms with van der Waals surface area (Å²) < 4.78 is 0. The molecule has 3 aliphatic rings. The highest BCUT2D eigenvalue weighted by molar-refractivity contribution is 6.23. The fourth-order valence-electron chi connectivity index (χ4n) is 6.00. The molecule has 0 saturated heterocycles. The van der Waals surface area contributed by atoms with Crippen LogP contribution in [-0.2, 0) is 21.0 Å². The van der Waals surface area contributed by atoms with E-state index in [1.807, 2.05) is 12.1 Å². The van der Waals surface area contributed by atoms with Crippen molar-refractivity contribution in [2.75, 3.05) is 0 Å². The Morgan fingerprint density at radius 2 is 1.35 bits per heavy atom. The predicted molar refractivity (Wildman–Crippen MR) is 127 cm³/mol. The lowest BCUT2D eigenvalue weighted by atomic mass is 9.62. The Kier molecular flexibility index (Phi) is 4.36. The Morgan fingerprint density at radius 3 is 1.87 bits per heavy atom. The number of aliphatic hydroxyl groups is 1. The molecule has 0 spiro atoms. The van der Waals surface area contributed by atoms with Gasteiger partial charge in [0.15, 0.2) is 5.78 Å². The lowest BCUT2D eigenvalue weighted by Crippen LogP contribution is -2.34. The van der Waals surface area contributed by atoms with Crippen molar-refractivity contribution in [2.45, 2.75) is 89.4 Å². The van der Waals surface area contributed by atoms with Gasteiger partial charge in [0.05, 0.1) is 5.57 Å². The van der Waals surface area contributed by atoms with Crippen molar-refractivity contribution in [3.8, 4) is 0 Å².